The molecule has 0 spiro atoms. The maximum absolute atomic E-state index is 7.61. The molecule has 4 heterocycles. The molecular formula is C69H57B2N3O. The molecule has 360 valence electrons. The normalized spacial score (nSPS) is 13.4. The van der Waals surface area contributed by atoms with E-state index >= 15 is 0 Å². The second-order valence-corrected chi connectivity index (χ2v) is 21.9. The van der Waals surface area contributed by atoms with Crippen molar-refractivity contribution in [2.45, 2.75) is 62.3 Å². The third-order valence-corrected chi connectivity index (χ3v) is 16.7. The highest BCUT2D eigenvalue weighted by Crippen LogP contribution is 2.49. The molecule has 0 saturated carbocycles. The number of aryl methyl sites for hydroxylation is 9. The maximum atomic E-state index is 7.61. The minimum Gasteiger partial charge on any atom is -0.458 e. The molecule has 0 atom stereocenters. The zero-order valence-corrected chi connectivity index (χ0v) is 44.2. The van der Waals surface area contributed by atoms with E-state index in [0.29, 0.717) is 0 Å². The van der Waals surface area contributed by atoms with Crippen molar-refractivity contribution < 1.29 is 4.74 Å². The third kappa shape index (κ3) is 6.92. The number of hydrogen-bond donors (Lipinski definition) is 0. The Kier molecular flexibility index (Phi) is 10.1. The topological polar surface area (TPSA) is 19.0 Å². The lowest BCUT2D eigenvalue weighted by Gasteiger charge is -2.46. The van der Waals surface area contributed by atoms with Crippen LogP contribution in [0.1, 0.15) is 50.1 Å². The summed E-state index contributed by atoms with van der Waals surface area (Å²) >= 11 is 0. The van der Waals surface area contributed by atoms with E-state index in [1.54, 1.807) is 0 Å². The van der Waals surface area contributed by atoms with Crippen LogP contribution in [-0.4, -0.2) is 13.4 Å². The van der Waals surface area contributed by atoms with E-state index in [0.717, 1.165) is 45.5 Å². The monoisotopic (exact) mass is 965 g/mol. The summed E-state index contributed by atoms with van der Waals surface area (Å²) in [5, 5.41) is 0. The van der Waals surface area contributed by atoms with E-state index in [4.69, 9.17) is 4.74 Å². The Balaban J connectivity index is 1.09. The van der Waals surface area contributed by atoms with Crippen molar-refractivity contribution >= 4 is 97.4 Å². The van der Waals surface area contributed by atoms with Crippen molar-refractivity contribution in [3.63, 3.8) is 0 Å². The molecule has 0 bridgehead atoms. The van der Waals surface area contributed by atoms with Gasteiger partial charge in [-0.05, 0) is 212 Å². The summed E-state index contributed by atoms with van der Waals surface area (Å²) in [7, 11) is 0. The average Bonchev–Trinajstić information content (AvgIpc) is 3.40. The van der Waals surface area contributed by atoms with Gasteiger partial charge in [-0.15, -0.1) is 0 Å². The fourth-order valence-electron chi connectivity index (χ4n) is 13.2. The first-order valence-electron chi connectivity index (χ1n) is 26.5. The lowest BCUT2D eigenvalue weighted by atomic mass is 9.30. The van der Waals surface area contributed by atoms with E-state index in [-0.39, 0.29) is 13.4 Å². The fraction of sp³-hybridized carbons (Fsp3) is 0.130. The van der Waals surface area contributed by atoms with Crippen LogP contribution < -0.4 is 52.2 Å². The molecule has 0 aromatic heterocycles. The highest BCUT2D eigenvalue weighted by atomic mass is 16.5. The molecule has 75 heavy (non-hydrogen) atoms. The van der Waals surface area contributed by atoms with E-state index in [9.17, 15) is 0 Å². The van der Waals surface area contributed by atoms with Crippen LogP contribution in [0, 0.1) is 62.3 Å². The first kappa shape index (κ1) is 45.2. The Hall–Kier alpha value is -8.47. The summed E-state index contributed by atoms with van der Waals surface area (Å²) < 4.78 is 7.61. The third-order valence-electron chi connectivity index (χ3n) is 16.7. The number of fused-ring (bicyclic) bond motifs is 8. The van der Waals surface area contributed by atoms with Gasteiger partial charge in [-0.2, -0.15) is 0 Å². The zero-order chi connectivity index (χ0) is 51.1. The van der Waals surface area contributed by atoms with Crippen molar-refractivity contribution in [3.05, 3.63) is 232 Å². The maximum Gasteiger partial charge on any atom is 0.256 e. The standard InChI is InChI=1S/C69H57B2N3O/c1-40-16-24-51(25-17-40)72-58-30-22-43(4)32-54(58)70-56-38-57-64(39-60(56)74(53-28-20-42(3)21-29-53)62-35-49(34-61(72)68(62)70)66-45(6)12-10-13-46(66)7)75-65-37-50(67-47(8)14-11-15-48(67)9)36-63-69(65)71(57)55-33-44(5)23-31-59(55)73(63)52-26-18-41(2)19-27-52/h10-39H,1-9H3. The van der Waals surface area contributed by atoms with Gasteiger partial charge in [-0.3, -0.25) is 0 Å². The van der Waals surface area contributed by atoms with Gasteiger partial charge in [0, 0.05) is 57.3 Å². The fourth-order valence-corrected chi connectivity index (χ4v) is 13.2. The number of benzene rings is 10. The van der Waals surface area contributed by atoms with Crippen molar-refractivity contribution in [1.82, 2.24) is 0 Å². The molecule has 0 N–H and O–H groups in total. The van der Waals surface area contributed by atoms with E-state index in [1.165, 1.54) is 122 Å². The van der Waals surface area contributed by atoms with E-state index in [2.05, 4.69) is 259 Å². The van der Waals surface area contributed by atoms with E-state index < -0.39 is 0 Å². The largest absolute Gasteiger partial charge is 0.458 e. The van der Waals surface area contributed by atoms with Gasteiger partial charge in [-0.25, -0.2) is 0 Å². The van der Waals surface area contributed by atoms with Gasteiger partial charge in [0.1, 0.15) is 11.5 Å². The second kappa shape index (κ2) is 16.8. The molecule has 0 aliphatic carbocycles. The van der Waals surface area contributed by atoms with Crippen molar-refractivity contribution in [2.75, 3.05) is 14.7 Å². The quantitative estimate of drug-likeness (QED) is 0.160. The van der Waals surface area contributed by atoms with Crippen LogP contribution >= 0.6 is 0 Å². The predicted octanol–water partition coefficient (Wildman–Crippen LogP) is 14.3. The molecule has 10 aromatic carbocycles. The Morgan fingerprint density at radius 2 is 0.667 bits per heavy atom. The van der Waals surface area contributed by atoms with Crippen LogP contribution in [0.2, 0.25) is 0 Å². The molecule has 10 aromatic rings. The molecule has 14 rings (SSSR count). The summed E-state index contributed by atoms with van der Waals surface area (Å²) in [5.41, 5.74) is 34.0. The second-order valence-electron chi connectivity index (χ2n) is 21.9. The lowest BCUT2D eigenvalue weighted by molar-refractivity contribution is 0.488. The molecule has 4 aliphatic rings. The first-order valence-corrected chi connectivity index (χ1v) is 26.5. The van der Waals surface area contributed by atoms with Gasteiger partial charge in [-0.1, -0.05) is 131 Å². The number of nitrogens with zero attached hydrogens (tertiary/aromatic N) is 3. The molecular weight excluding hydrogens is 908 g/mol. The van der Waals surface area contributed by atoms with Crippen LogP contribution in [0.3, 0.4) is 0 Å². The van der Waals surface area contributed by atoms with Gasteiger partial charge in [0.15, 0.2) is 0 Å². The summed E-state index contributed by atoms with van der Waals surface area (Å²) in [6.45, 7) is 19.8. The van der Waals surface area contributed by atoms with Crippen molar-refractivity contribution in [2.24, 2.45) is 0 Å². The molecule has 0 saturated heterocycles. The first-order chi connectivity index (χ1) is 36.4. The van der Waals surface area contributed by atoms with Crippen LogP contribution in [-0.2, 0) is 0 Å². The van der Waals surface area contributed by atoms with Gasteiger partial charge < -0.3 is 19.4 Å². The summed E-state index contributed by atoms with van der Waals surface area (Å²) in [5.74, 6) is 1.79. The molecule has 0 radical (unpaired) electrons. The molecule has 4 nitrogen and oxygen atoms in total. The van der Waals surface area contributed by atoms with Crippen LogP contribution in [0.25, 0.3) is 22.3 Å². The molecule has 0 fully saturated rings. The Bertz CT molecular complexity index is 4010. The number of rotatable bonds is 5. The van der Waals surface area contributed by atoms with E-state index in [1.807, 2.05) is 0 Å². The van der Waals surface area contributed by atoms with Crippen LogP contribution in [0.5, 0.6) is 11.5 Å². The average molecular weight is 966 g/mol. The minimum absolute atomic E-state index is 0.0856. The number of ether oxygens (including phenoxy) is 1. The number of hydrogen-bond acceptors (Lipinski definition) is 4. The highest BCUT2D eigenvalue weighted by molar-refractivity contribution is 7.02. The van der Waals surface area contributed by atoms with Gasteiger partial charge in [0.05, 0.1) is 0 Å². The zero-order valence-electron chi connectivity index (χ0n) is 44.2. The van der Waals surface area contributed by atoms with Crippen molar-refractivity contribution in [1.29, 1.82) is 0 Å². The molecule has 0 amide bonds. The van der Waals surface area contributed by atoms with Crippen LogP contribution in [0.4, 0.5) is 51.2 Å². The van der Waals surface area contributed by atoms with Gasteiger partial charge >= 0.3 is 0 Å². The van der Waals surface area contributed by atoms with Crippen molar-refractivity contribution in [3.8, 4) is 33.8 Å². The Morgan fingerprint density at radius 1 is 0.293 bits per heavy atom. The summed E-state index contributed by atoms with van der Waals surface area (Å²) in [6.07, 6.45) is 0. The lowest BCUT2D eigenvalue weighted by Crippen LogP contribution is -2.64. The van der Waals surface area contributed by atoms with Gasteiger partial charge in [0.25, 0.3) is 13.4 Å². The molecule has 6 heteroatoms. The van der Waals surface area contributed by atoms with Gasteiger partial charge in [0.2, 0.25) is 0 Å². The molecule has 0 unspecified atom stereocenters. The SMILES string of the molecule is Cc1ccc(N2c3ccc(C)cc3B3c4cc5c(cc4Oc4cc(-c6c(C)cccc6C)cc2c43)N(c2ccc(C)cc2)c2cc(-c3c(C)cccc3C)cc3c2B5c2cc(C)ccc2N3c2ccc(C)cc2)cc1. The summed E-state index contributed by atoms with van der Waals surface area (Å²) in [6, 6.07) is 69.4. The molecule has 4 aliphatic heterocycles. The predicted molar refractivity (Wildman–Crippen MR) is 320 cm³/mol. The highest BCUT2D eigenvalue weighted by Gasteiger charge is 2.48. The smallest absolute Gasteiger partial charge is 0.256 e. The Morgan fingerprint density at radius 3 is 1.12 bits per heavy atom. The number of anilines is 9. The Labute approximate surface area is 442 Å². The minimum atomic E-state index is -0.0996. The summed E-state index contributed by atoms with van der Waals surface area (Å²) in [4.78, 5) is 7.57. The van der Waals surface area contributed by atoms with Crippen LogP contribution in [0.15, 0.2) is 182 Å².